The smallest absolute Gasteiger partial charge is 0.0708 e. The maximum Gasteiger partial charge on any atom is 0.0708 e. The summed E-state index contributed by atoms with van der Waals surface area (Å²) in [6, 6.07) is 9.02. The van der Waals surface area contributed by atoms with Crippen LogP contribution in [0.3, 0.4) is 0 Å². The molecule has 0 radical (unpaired) electrons. The van der Waals surface area contributed by atoms with Gasteiger partial charge >= 0.3 is 0 Å². The summed E-state index contributed by atoms with van der Waals surface area (Å²) in [4.78, 5) is 4.82. The highest BCUT2D eigenvalue weighted by molar-refractivity contribution is 5.80. The van der Waals surface area contributed by atoms with Crippen molar-refractivity contribution in [3.63, 3.8) is 0 Å². The van der Waals surface area contributed by atoms with E-state index in [4.69, 9.17) is 4.98 Å². The molecular weight excluding hydrogens is 194 g/mol. The Morgan fingerprint density at radius 1 is 1.12 bits per heavy atom. The summed E-state index contributed by atoms with van der Waals surface area (Å²) in [6.45, 7) is 2.19. The Balaban J connectivity index is 2.19. The molecule has 0 saturated heterocycles. The molecule has 1 heteroatoms. The van der Waals surface area contributed by atoms with Gasteiger partial charge in [-0.25, -0.2) is 0 Å². The van der Waals surface area contributed by atoms with Gasteiger partial charge in [0.2, 0.25) is 0 Å². The van der Waals surface area contributed by atoms with Crippen LogP contribution in [-0.4, -0.2) is 4.98 Å². The molecule has 82 valence electrons. The number of fused-ring (bicyclic) bond motifs is 2. The first-order valence-electron chi connectivity index (χ1n) is 6.28. The third-order valence-electron chi connectivity index (χ3n) is 3.57. The van der Waals surface area contributed by atoms with E-state index in [1.54, 1.807) is 0 Å². The Morgan fingerprint density at radius 2 is 2.00 bits per heavy atom. The average Bonchev–Trinajstić information content (AvgIpc) is 2.35. The molecule has 0 fully saturated rings. The molecule has 0 bridgehead atoms. The van der Waals surface area contributed by atoms with Crippen molar-refractivity contribution >= 4 is 10.9 Å². The van der Waals surface area contributed by atoms with Crippen molar-refractivity contribution in [3.8, 4) is 0 Å². The van der Waals surface area contributed by atoms with E-state index in [-0.39, 0.29) is 0 Å². The van der Waals surface area contributed by atoms with Crippen LogP contribution in [0.15, 0.2) is 24.3 Å². The van der Waals surface area contributed by atoms with Crippen molar-refractivity contribution in [2.45, 2.75) is 39.0 Å². The molecule has 0 unspecified atom stereocenters. The molecule has 0 saturated carbocycles. The molecule has 0 N–H and O–H groups in total. The van der Waals surface area contributed by atoms with Gasteiger partial charge in [0, 0.05) is 11.1 Å². The van der Waals surface area contributed by atoms with Crippen LogP contribution in [0.1, 0.15) is 36.6 Å². The molecule has 2 aromatic rings. The van der Waals surface area contributed by atoms with Crippen LogP contribution in [0, 0.1) is 0 Å². The van der Waals surface area contributed by atoms with Gasteiger partial charge in [-0.1, -0.05) is 19.1 Å². The monoisotopic (exact) mass is 211 g/mol. The van der Waals surface area contributed by atoms with E-state index in [0.29, 0.717) is 0 Å². The zero-order valence-electron chi connectivity index (χ0n) is 9.79. The Kier molecular flexibility index (Phi) is 2.39. The first-order valence-corrected chi connectivity index (χ1v) is 6.28. The molecule has 1 aromatic carbocycles. The van der Waals surface area contributed by atoms with Gasteiger partial charge in [-0.2, -0.15) is 0 Å². The van der Waals surface area contributed by atoms with Crippen molar-refractivity contribution in [3.05, 3.63) is 41.1 Å². The van der Waals surface area contributed by atoms with Crippen molar-refractivity contribution < 1.29 is 0 Å². The van der Waals surface area contributed by atoms with E-state index in [9.17, 15) is 0 Å². The maximum atomic E-state index is 4.82. The summed E-state index contributed by atoms with van der Waals surface area (Å²) in [6.07, 6.45) is 6.11. The molecule has 0 spiro atoms. The second-order valence-corrected chi connectivity index (χ2v) is 4.68. The lowest BCUT2D eigenvalue weighted by Crippen LogP contribution is -2.05. The minimum Gasteiger partial charge on any atom is -0.253 e. The Labute approximate surface area is 96.5 Å². The zero-order valence-corrected chi connectivity index (χ0v) is 9.79. The number of aryl methyl sites for hydroxylation is 3. The van der Waals surface area contributed by atoms with Crippen LogP contribution in [-0.2, 0) is 19.3 Å². The summed E-state index contributed by atoms with van der Waals surface area (Å²) in [5.41, 5.74) is 5.38. The lowest BCUT2D eigenvalue weighted by molar-refractivity contribution is 0.671. The molecule has 0 aliphatic heterocycles. The predicted molar refractivity (Wildman–Crippen MR) is 67.8 cm³/mol. The van der Waals surface area contributed by atoms with Crippen molar-refractivity contribution in [1.29, 1.82) is 0 Å². The van der Waals surface area contributed by atoms with E-state index in [0.717, 1.165) is 6.42 Å². The number of nitrogens with zero attached hydrogens (tertiary/aromatic N) is 1. The number of hydrogen-bond donors (Lipinski definition) is 0. The third kappa shape index (κ3) is 1.60. The Bertz CT molecular complexity index is 528. The SMILES string of the molecule is CCc1ccc2cc3c(nc2c1)CCCC3. The van der Waals surface area contributed by atoms with E-state index in [1.807, 2.05) is 0 Å². The highest BCUT2D eigenvalue weighted by atomic mass is 14.7. The Morgan fingerprint density at radius 3 is 2.88 bits per heavy atom. The summed E-state index contributed by atoms with van der Waals surface area (Å²) in [5.74, 6) is 0. The largest absolute Gasteiger partial charge is 0.253 e. The third-order valence-corrected chi connectivity index (χ3v) is 3.57. The van der Waals surface area contributed by atoms with Crippen molar-refractivity contribution in [1.82, 2.24) is 4.98 Å². The number of rotatable bonds is 1. The molecule has 0 amide bonds. The maximum absolute atomic E-state index is 4.82. The van der Waals surface area contributed by atoms with Crippen LogP contribution in [0.4, 0.5) is 0 Å². The van der Waals surface area contributed by atoms with Crippen molar-refractivity contribution in [2.24, 2.45) is 0 Å². The van der Waals surface area contributed by atoms with Gasteiger partial charge in [0.15, 0.2) is 0 Å². The quantitative estimate of drug-likeness (QED) is 0.701. The molecule has 3 rings (SSSR count). The molecule has 1 heterocycles. The molecule has 1 aromatic heterocycles. The highest BCUT2D eigenvalue weighted by Crippen LogP contribution is 2.24. The lowest BCUT2D eigenvalue weighted by Gasteiger charge is -2.15. The average molecular weight is 211 g/mol. The van der Waals surface area contributed by atoms with E-state index >= 15 is 0 Å². The number of pyridine rings is 1. The second kappa shape index (κ2) is 3.89. The highest BCUT2D eigenvalue weighted by Gasteiger charge is 2.11. The van der Waals surface area contributed by atoms with E-state index < -0.39 is 0 Å². The normalized spacial score (nSPS) is 15.1. The fraction of sp³-hybridized carbons (Fsp3) is 0.400. The van der Waals surface area contributed by atoms with Gasteiger partial charge in [-0.15, -0.1) is 0 Å². The lowest BCUT2D eigenvalue weighted by atomic mass is 9.94. The van der Waals surface area contributed by atoms with Gasteiger partial charge < -0.3 is 0 Å². The number of hydrogen-bond acceptors (Lipinski definition) is 1. The summed E-state index contributed by atoms with van der Waals surface area (Å²) in [5, 5.41) is 1.30. The Hall–Kier alpha value is -1.37. The summed E-state index contributed by atoms with van der Waals surface area (Å²) < 4.78 is 0. The van der Waals surface area contributed by atoms with E-state index in [1.165, 1.54) is 53.4 Å². The molecular formula is C15H17N. The van der Waals surface area contributed by atoms with E-state index in [2.05, 4.69) is 31.2 Å². The van der Waals surface area contributed by atoms with Gasteiger partial charge in [0.25, 0.3) is 0 Å². The zero-order chi connectivity index (χ0) is 11.0. The molecule has 0 atom stereocenters. The van der Waals surface area contributed by atoms with Crippen molar-refractivity contribution in [2.75, 3.05) is 0 Å². The van der Waals surface area contributed by atoms with Gasteiger partial charge in [-0.05, 0) is 55.4 Å². The van der Waals surface area contributed by atoms with Crippen LogP contribution in [0.5, 0.6) is 0 Å². The second-order valence-electron chi connectivity index (χ2n) is 4.68. The van der Waals surface area contributed by atoms with Crippen LogP contribution in [0.25, 0.3) is 10.9 Å². The first-order chi connectivity index (χ1) is 7.86. The summed E-state index contributed by atoms with van der Waals surface area (Å²) >= 11 is 0. The standard InChI is InChI=1S/C15H17N/c1-2-11-7-8-13-10-12-5-3-4-6-14(12)16-15(13)9-11/h7-10H,2-6H2,1H3. The number of benzene rings is 1. The fourth-order valence-corrected chi connectivity index (χ4v) is 2.56. The molecule has 1 nitrogen and oxygen atoms in total. The predicted octanol–water partition coefficient (Wildman–Crippen LogP) is 3.68. The molecule has 16 heavy (non-hydrogen) atoms. The topological polar surface area (TPSA) is 12.9 Å². The van der Waals surface area contributed by atoms with Gasteiger partial charge in [0.1, 0.15) is 0 Å². The van der Waals surface area contributed by atoms with Gasteiger partial charge in [0.05, 0.1) is 5.52 Å². The molecule has 1 aliphatic carbocycles. The first kappa shape index (κ1) is 9.83. The minimum atomic E-state index is 1.09. The van der Waals surface area contributed by atoms with Gasteiger partial charge in [-0.3, -0.25) is 4.98 Å². The number of aromatic nitrogens is 1. The summed E-state index contributed by atoms with van der Waals surface area (Å²) in [7, 11) is 0. The van der Waals surface area contributed by atoms with Crippen LogP contribution >= 0.6 is 0 Å². The molecule has 1 aliphatic rings. The van der Waals surface area contributed by atoms with Crippen LogP contribution in [0.2, 0.25) is 0 Å². The minimum absolute atomic E-state index is 1.09. The fourth-order valence-electron chi connectivity index (χ4n) is 2.56. The van der Waals surface area contributed by atoms with Crippen LogP contribution < -0.4 is 0 Å².